The van der Waals surface area contributed by atoms with Gasteiger partial charge >= 0.3 is 12.3 Å². The Morgan fingerprint density at radius 3 is 2.21 bits per heavy atom. The first-order chi connectivity index (χ1) is 20.4. The van der Waals surface area contributed by atoms with Gasteiger partial charge in [-0.15, -0.1) is 0 Å². The summed E-state index contributed by atoms with van der Waals surface area (Å²) in [5.74, 6) is -2.62. The van der Waals surface area contributed by atoms with Crippen LogP contribution in [0.3, 0.4) is 0 Å². The van der Waals surface area contributed by atoms with Gasteiger partial charge in [0.05, 0.1) is 0 Å². The summed E-state index contributed by atoms with van der Waals surface area (Å²) in [7, 11) is 0. The number of nitrogens with one attached hydrogen (secondary N) is 1. The van der Waals surface area contributed by atoms with Gasteiger partial charge < -0.3 is 15.0 Å². The van der Waals surface area contributed by atoms with Gasteiger partial charge in [-0.3, -0.25) is 14.5 Å². The summed E-state index contributed by atoms with van der Waals surface area (Å²) in [5.41, 5.74) is -2.94. The van der Waals surface area contributed by atoms with E-state index < -0.39 is 46.8 Å². The van der Waals surface area contributed by atoms with Gasteiger partial charge in [0.25, 0.3) is 0 Å². The van der Waals surface area contributed by atoms with Crippen molar-refractivity contribution in [2.45, 2.75) is 56.7 Å². The van der Waals surface area contributed by atoms with E-state index in [1.165, 1.54) is 21.9 Å². The first-order valence-corrected chi connectivity index (χ1v) is 14.9. The van der Waals surface area contributed by atoms with Crippen LogP contribution in [-0.4, -0.2) is 72.0 Å². The molecular formula is C31H34ClF4N3O4. The van der Waals surface area contributed by atoms with E-state index in [1.54, 1.807) is 31.2 Å². The number of carbonyl (C=O) groups is 3. The summed E-state index contributed by atoms with van der Waals surface area (Å²) in [5, 5.41) is 3.78. The number of alkyl halides is 3. The van der Waals surface area contributed by atoms with Crippen LogP contribution in [0.2, 0.25) is 5.02 Å². The Labute approximate surface area is 252 Å². The van der Waals surface area contributed by atoms with E-state index >= 15 is 0 Å². The Bertz CT molecular complexity index is 1340. The summed E-state index contributed by atoms with van der Waals surface area (Å²) in [6, 6.07) is 12.0. The topological polar surface area (TPSA) is 79.0 Å². The highest BCUT2D eigenvalue weighted by atomic mass is 35.5. The quantitative estimate of drug-likeness (QED) is 0.385. The third-order valence-corrected chi connectivity index (χ3v) is 9.62. The molecule has 12 heteroatoms. The van der Waals surface area contributed by atoms with E-state index in [2.05, 4.69) is 5.32 Å². The van der Waals surface area contributed by atoms with E-state index in [9.17, 15) is 31.9 Å². The summed E-state index contributed by atoms with van der Waals surface area (Å²) >= 11 is 6.13. The maximum absolute atomic E-state index is 14.6. The van der Waals surface area contributed by atoms with Crippen molar-refractivity contribution in [1.29, 1.82) is 0 Å². The molecule has 3 aliphatic rings. The van der Waals surface area contributed by atoms with E-state index in [0.29, 0.717) is 18.0 Å². The molecule has 0 unspecified atom stereocenters. The van der Waals surface area contributed by atoms with Crippen LogP contribution in [0.15, 0.2) is 48.5 Å². The molecule has 2 saturated heterocycles. The normalized spacial score (nSPS) is 23.9. The molecule has 3 fully saturated rings. The third kappa shape index (κ3) is 5.61. The number of piperidine rings is 1. The molecule has 5 rings (SSSR count). The number of Topliss-reactive ketones (excluding diaryl/α,β-unsaturated/α-hetero) is 1. The minimum atomic E-state index is -4.62. The lowest BCUT2D eigenvalue weighted by atomic mass is 9.66. The fourth-order valence-electron chi connectivity index (χ4n) is 6.85. The van der Waals surface area contributed by atoms with Crippen LogP contribution >= 0.6 is 11.6 Å². The molecule has 232 valence electrons. The molecule has 2 aromatic rings. The first kappa shape index (κ1) is 31.3. The Kier molecular flexibility index (Phi) is 8.77. The predicted molar refractivity (Wildman–Crippen MR) is 151 cm³/mol. The Hall–Kier alpha value is -3.18. The van der Waals surface area contributed by atoms with Crippen molar-refractivity contribution in [2.75, 3.05) is 32.7 Å². The van der Waals surface area contributed by atoms with Gasteiger partial charge in [-0.2, -0.15) is 13.2 Å². The van der Waals surface area contributed by atoms with E-state index in [-0.39, 0.29) is 63.4 Å². The lowest BCUT2D eigenvalue weighted by Crippen LogP contribution is -2.64. The van der Waals surface area contributed by atoms with Crippen LogP contribution in [0.4, 0.5) is 22.4 Å². The molecule has 2 aromatic carbocycles. The lowest BCUT2D eigenvalue weighted by molar-refractivity contribution is -0.249. The zero-order valence-electron chi connectivity index (χ0n) is 23.8. The average molecular weight is 624 g/mol. The number of likely N-dealkylation sites (tertiary alicyclic amines) is 1. The molecule has 0 aromatic heterocycles. The molecule has 1 aliphatic carbocycles. The van der Waals surface area contributed by atoms with Gasteiger partial charge in [-0.05, 0) is 74.6 Å². The van der Waals surface area contributed by atoms with Crippen LogP contribution in [0, 0.1) is 17.2 Å². The van der Waals surface area contributed by atoms with Crippen molar-refractivity contribution in [1.82, 2.24) is 15.1 Å². The standard InChI is InChI=1S/C31H34ClF4N3O4/c1-2-39(28(42)43-24-10-8-23(33)9-11-24)30(19-37-18-25(30)20-4-6-22(32)7-5-20)26(40)21-12-16-38(17-13-21)27(41)29(14-3-15-29)31(34,35)36/h4-11,21,25,37H,2-3,12-19H2,1H3/t25-,30+/m0/s1. The number of benzene rings is 2. The fourth-order valence-corrected chi connectivity index (χ4v) is 6.97. The first-order valence-electron chi connectivity index (χ1n) is 14.5. The molecule has 0 radical (unpaired) electrons. The second-order valence-corrected chi connectivity index (χ2v) is 12.0. The molecule has 2 aliphatic heterocycles. The number of ether oxygens (including phenoxy) is 1. The third-order valence-electron chi connectivity index (χ3n) is 9.37. The van der Waals surface area contributed by atoms with Crippen LogP contribution in [0.1, 0.15) is 50.5 Å². The number of hydrogen-bond acceptors (Lipinski definition) is 5. The summed E-state index contributed by atoms with van der Waals surface area (Å²) in [4.78, 5) is 44.0. The number of rotatable bonds is 7. The maximum Gasteiger partial charge on any atom is 0.416 e. The van der Waals surface area contributed by atoms with Crippen LogP contribution in [-0.2, 0) is 9.59 Å². The van der Waals surface area contributed by atoms with Crippen LogP contribution < -0.4 is 10.1 Å². The van der Waals surface area contributed by atoms with Gasteiger partial charge in [0.2, 0.25) is 5.91 Å². The van der Waals surface area contributed by atoms with Crippen molar-refractivity contribution in [3.63, 3.8) is 0 Å². The zero-order valence-corrected chi connectivity index (χ0v) is 24.5. The summed E-state index contributed by atoms with van der Waals surface area (Å²) in [6.07, 6.45) is -5.12. The molecule has 1 N–H and O–H groups in total. The van der Waals surface area contributed by atoms with E-state index in [4.69, 9.17) is 16.3 Å². The van der Waals surface area contributed by atoms with Crippen molar-refractivity contribution in [3.05, 3.63) is 64.9 Å². The van der Waals surface area contributed by atoms with Gasteiger partial charge in [-0.25, -0.2) is 9.18 Å². The zero-order chi connectivity index (χ0) is 31.0. The van der Waals surface area contributed by atoms with Crippen LogP contribution in [0.5, 0.6) is 5.75 Å². The average Bonchev–Trinajstić information content (AvgIpc) is 3.39. The van der Waals surface area contributed by atoms with Crippen molar-refractivity contribution in [3.8, 4) is 5.75 Å². The molecule has 2 heterocycles. The Balaban J connectivity index is 1.42. The smallest absolute Gasteiger partial charge is 0.410 e. The molecule has 2 amide bonds. The second-order valence-electron chi connectivity index (χ2n) is 11.6. The van der Waals surface area contributed by atoms with Gasteiger partial charge in [0.1, 0.15) is 22.5 Å². The predicted octanol–water partition coefficient (Wildman–Crippen LogP) is 5.97. The fraction of sp³-hybridized carbons (Fsp3) is 0.516. The number of amides is 2. The highest BCUT2D eigenvalue weighted by Gasteiger charge is 2.65. The molecule has 7 nitrogen and oxygen atoms in total. The summed E-state index contributed by atoms with van der Waals surface area (Å²) < 4.78 is 60.6. The van der Waals surface area contributed by atoms with E-state index in [1.807, 2.05) is 0 Å². The Morgan fingerprint density at radius 1 is 1.05 bits per heavy atom. The minimum Gasteiger partial charge on any atom is -0.410 e. The number of likely N-dealkylation sites (N-methyl/N-ethyl adjacent to an activating group) is 1. The largest absolute Gasteiger partial charge is 0.416 e. The molecule has 0 bridgehead atoms. The number of halogens is 5. The molecule has 1 saturated carbocycles. The molecule has 0 spiro atoms. The van der Waals surface area contributed by atoms with Crippen LogP contribution in [0.25, 0.3) is 0 Å². The summed E-state index contributed by atoms with van der Waals surface area (Å²) in [6.45, 7) is 2.39. The van der Waals surface area contributed by atoms with Crippen molar-refractivity contribution in [2.24, 2.45) is 11.3 Å². The van der Waals surface area contributed by atoms with E-state index in [0.717, 1.165) is 17.7 Å². The van der Waals surface area contributed by atoms with Crippen molar-refractivity contribution < 1.29 is 36.7 Å². The monoisotopic (exact) mass is 623 g/mol. The minimum absolute atomic E-state index is 0.0222. The number of ketones is 1. The van der Waals surface area contributed by atoms with Crippen molar-refractivity contribution >= 4 is 29.4 Å². The maximum atomic E-state index is 14.6. The van der Waals surface area contributed by atoms with Gasteiger partial charge in [0.15, 0.2) is 5.78 Å². The second kappa shape index (κ2) is 12.1. The highest BCUT2D eigenvalue weighted by Crippen LogP contribution is 2.54. The number of hydrogen-bond donors (Lipinski definition) is 1. The SMILES string of the molecule is CCN(C(=O)Oc1ccc(F)cc1)[C@]1(C(=O)C2CCN(C(=O)C3(C(F)(F)F)CCC3)CC2)CNC[C@H]1c1ccc(Cl)cc1. The molecular weight excluding hydrogens is 590 g/mol. The lowest BCUT2D eigenvalue weighted by Gasteiger charge is -2.47. The molecule has 2 atom stereocenters. The molecule has 43 heavy (non-hydrogen) atoms. The van der Waals surface area contributed by atoms with Gasteiger partial charge in [-0.1, -0.05) is 30.2 Å². The number of carbonyl (C=O) groups excluding carboxylic acids is 3. The Morgan fingerprint density at radius 2 is 1.67 bits per heavy atom. The van der Waals surface area contributed by atoms with Gasteiger partial charge in [0, 0.05) is 49.6 Å². The highest BCUT2D eigenvalue weighted by molar-refractivity contribution is 6.30. The number of nitrogens with zero attached hydrogens (tertiary/aromatic N) is 2.